The molecule has 0 atom stereocenters. The van der Waals surface area contributed by atoms with Crippen LogP contribution in [0.1, 0.15) is 51.9 Å². The van der Waals surface area contributed by atoms with Crippen molar-refractivity contribution in [3.63, 3.8) is 0 Å². The SMILES string of the molecule is CCNC(=NCCCCOCCOC)N1CCC2(CCCC2)C1. The summed E-state index contributed by atoms with van der Waals surface area (Å²) >= 11 is 0. The van der Waals surface area contributed by atoms with E-state index in [1.165, 1.54) is 45.2 Å². The van der Waals surface area contributed by atoms with E-state index in [9.17, 15) is 0 Å². The van der Waals surface area contributed by atoms with Crippen LogP contribution in [0.3, 0.4) is 0 Å². The molecule has 0 unspecified atom stereocenters. The van der Waals surface area contributed by atoms with Gasteiger partial charge in [0.1, 0.15) is 0 Å². The summed E-state index contributed by atoms with van der Waals surface area (Å²) in [7, 11) is 1.70. The third-order valence-corrected chi connectivity index (χ3v) is 5.13. The van der Waals surface area contributed by atoms with Crippen LogP contribution in [0, 0.1) is 5.41 Å². The smallest absolute Gasteiger partial charge is 0.193 e. The fourth-order valence-electron chi connectivity index (χ4n) is 3.82. The maximum atomic E-state index is 5.49. The van der Waals surface area contributed by atoms with Crippen molar-refractivity contribution in [1.82, 2.24) is 10.2 Å². The summed E-state index contributed by atoms with van der Waals surface area (Å²) in [5.74, 6) is 1.12. The van der Waals surface area contributed by atoms with Crippen LogP contribution >= 0.6 is 0 Å². The first-order valence-corrected chi connectivity index (χ1v) is 9.40. The van der Waals surface area contributed by atoms with Crippen LogP contribution in [0.5, 0.6) is 0 Å². The Morgan fingerprint density at radius 2 is 1.96 bits per heavy atom. The van der Waals surface area contributed by atoms with E-state index in [1.54, 1.807) is 7.11 Å². The van der Waals surface area contributed by atoms with E-state index in [0.29, 0.717) is 18.6 Å². The molecule has 1 aliphatic carbocycles. The lowest BCUT2D eigenvalue weighted by molar-refractivity contribution is 0.0690. The zero-order valence-electron chi connectivity index (χ0n) is 15.1. The fraction of sp³-hybridized carbons (Fsp3) is 0.944. The van der Waals surface area contributed by atoms with Crippen LogP contribution in [-0.2, 0) is 9.47 Å². The van der Waals surface area contributed by atoms with Gasteiger partial charge in [0.05, 0.1) is 13.2 Å². The molecule has 0 aromatic rings. The van der Waals surface area contributed by atoms with E-state index in [0.717, 1.165) is 38.5 Å². The highest BCUT2D eigenvalue weighted by molar-refractivity contribution is 5.80. The summed E-state index contributed by atoms with van der Waals surface area (Å²) in [4.78, 5) is 7.33. The Morgan fingerprint density at radius 1 is 1.13 bits per heavy atom. The Hall–Kier alpha value is -0.810. The molecule has 1 N–H and O–H groups in total. The van der Waals surface area contributed by atoms with Crippen LogP contribution in [0.25, 0.3) is 0 Å². The number of rotatable bonds is 9. The van der Waals surface area contributed by atoms with Gasteiger partial charge >= 0.3 is 0 Å². The van der Waals surface area contributed by atoms with Gasteiger partial charge in [-0.05, 0) is 44.4 Å². The van der Waals surface area contributed by atoms with Crippen molar-refractivity contribution in [1.29, 1.82) is 0 Å². The number of nitrogens with zero attached hydrogens (tertiary/aromatic N) is 2. The minimum absolute atomic E-state index is 0.603. The third-order valence-electron chi connectivity index (χ3n) is 5.13. The molecule has 1 saturated heterocycles. The summed E-state index contributed by atoms with van der Waals surface area (Å²) in [6.07, 6.45) is 9.18. The van der Waals surface area contributed by atoms with Gasteiger partial charge in [-0.25, -0.2) is 0 Å². The molecule has 2 aliphatic rings. The molecule has 2 fully saturated rings. The molecule has 1 saturated carbocycles. The zero-order chi connectivity index (χ0) is 16.4. The van der Waals surface area contributed by atoms with Gasteiger partial charge in [-0.15, -0.1) is 0 Å². The van der Waals surface area contributed by atoms with Gasteiger partial charge in [-0.2, -0.15) is 0 Å². The second-order valence-corrected chi connectivity index (χ2v) is 6.93. The standard InChI is InChI=1S/C18H35N3O2/c1-3-19-17(20-11-6-7-13-23-15-14-22-2)21-12-10-18(16-21)8-4-5-9-18/h3-16H2,1-2H3,(H,19,20). The van der Waals surface area contributed by atoms with Gasteiger partial charge in [-0.3, -0.25) is 4.99 Å². The lowest BCUT2D eigenvalue weighted by Crippen LogP contribution is -2.41. The van der Waals surface area contributed by atoms with Crippen LogP contribution in [0.4, 0.5) is 0 Å². The number of methoxy groups -OCH3 is 1. The van der Waals surface area contributed by atoms with Gasteiger partial charge in [0.15, 0.2) is 5.96 Å². The largest absolute Gasteiger partial charge is 0.382 e. The Labute approximate surface area is 141 Å². The topological polar surface area (TPSA) is 46.1 Å². The number of likely N-dealkylation sites (tertiary alicyclic amines) is 1. The number of ether oxygens (including phenoxy) is 2. The predicted molar refractivity (Wildman–Crippen MR) is 95.0 cm³/mol. The first kappa shape index (κ1) is 18.5. The number of hydrogen-bond acceptors (Lipinski definition) is 3. The first-order valence-electron chi connectivity index (χ1n) is 9.40. The zero-order valence-corrected chi connectivity index (χ0v) is 15.1. The third kappa shape index (κ3) is 5.96. The van der Waals surface area contributed by atoms with Crippen molar-refractivity contribution in [3.8, 4) is 0 Å². The lowest BCUT2D eigenvalue weighted by atomic mass is 9.86. The monoisotopic (exact) mass is 325 g/mol. The van der Waals surface area contributed by atoms with E-state index in [2.05, 4.69) is 17.1 Å². The second kappa shape index (κ2) is 10.1. The minimum Gasteiger partial charge on any atom is -0.382 e. The summed E-state index contributed by atoms with van der Waals surface area (Å²) in [5.41, 5.74) is 0.603. The fourth-order valence-corrected chi connectivity index (χ4v) is 3.82. The van der Waals surface area contributed by atoms with Gasteiger partial charge in [0.25, 0.3) is 0 Å². The van der Waals surface area contributed by atoms with Crippen molar-refractivity contribution < 1.29 is 9.47 Å². The van der Waals surface area contributed by atoms with Crippen LogP contribution in [-0.4, -0.2) is 64.0 Å². The van der Waals surface area contributed by atoms with Gasteiger partial charge < -0.3 is 19.7 Å². The van der Waals surface area contributed by atoms with Crippen molar-refractivity contribution in [2.75, 3.05) is 53.1 Å². The Balaban J connectivity index is 1.68. The molecule has 1 aliphatic heterocycles. The number of nitrogens with one attached hydrogen (secondary N) is 1. The van der Waals surface area contributed by atoms with Gasteiger partial charge in [-0.1, -0.05) is 12.8 Å². The number of aliphatic imine (C=N–C) groups is 1. The molecule has 5 heteroatoms. The van der Waals surface area contributed by atoms with Crippen molar-refractivity contribution in [3.05, 3.63) is 0 Å². The van der Waals surface area contributed by atoms with Crippen LogP contribution in [0.2, 0.25) is 0 Å². The summed E-state index contributed by atoms with van der Waals surface area (Å²) in [6.45, 7) is 8.55. The molecule has 23 heavy (non-hydrogen) atoms. The van der Waals surface area contributed by atoms with E-state index >= 15 is 0 Å². The highest BCUT2D eigenvalue weighted by atomic mass is 16.5. The Bertz CT molecular complexity index is 354. The molecule has 134 valence electrons. The van der Waals surface area contributed by atoms with Crippen LogP contribution < -0.4 is 5.32 Å². The molecular formula is C18H35N3O2. The molecule has 0 bridgehead atoms. The highest BCUT2D eigenvalue weighted by Crippen LogP contribution is 2.45. The van der Waals surface area contributed by atoms with Crippen LogP contribution in [0.15, 0.2) is 4.99 Å². The molecule has 5 nitrogen and oxygen atoms in total. The molecule has 1 heterocycles. The molecular weight excluding hydrogens is 290 g/mol. The van der Waals surface area contributed by atoms with Gasteiger partial charge in [0, 0.05) is 39.9 Å². The predicted octanol–water partition coefficient (Wildman–Crippen LogP) is 2.66. The van der Waals surface area contributed by atoms with E-state index < -0.39 is 0 Å². The number of hydrogen-bond donors (Lipinski definition) is 1. The number of guanidine groups is 1. The highest BCUT2D eigenvalue weighted by Gasteiger charge is 2.40. The van der Waals surface area contributed by atoms with E-state index in [-0.39, 0.29) is 0 Å². The summed E-state index contributed by atoms with van der Waals surface area (Å²) in [5, 5.41) is 3.48. The maximum Gasteiger partial charge on any atom is 0.193 e. The molecule has 0 radical (unpaired) electrons. The average molecular weight is 325 g/mol. The number of unbranched alkanes of at least 4 members (excludes halogenated alkanes) is 1. The minimum atomic E-state index is 0.603. The average Bonchev–Trinajstić information content (AvgIpc) is 3.19. The summed E-state index contributed by atoms with van der Waals surface area (Å²) in [6, 6.07) is 0. The van der Waals surface area contributed by atoms with E-state index in [4.69, 9.17) is 14.5 Å². The Morgan fingerprint density at radius 3 is 2.70 bits per heavy atom. The normalized spacial score (nSPS) is 20.6. The molecule has 0 aromatic heterocycles. The van der Waals surface area contributed by atoms with E-state index in [1.807, 2.05) is 0 Å². The molecule has 2 rings (SSSR count). The van der Waals surface area contributed by atoms with Gasteiger partial charge in [0.2, 0.25) is 0 Å². The quantitative estimate of drug-likeness (QED) is 0.402. The molecule has 0 amide bonds. The van der Waals surface area contributed by atoms with Crippen molar-refractivity contribution >= 4 is 5.96 Å². The second-order valence-electron chi connectivity index (χ2n) is 6.93. The van der Waals surface area contributed by atoms with Crippen molar-refractivity contribution in [2.45, 2.75) is 51.9 Å². The maximum absolute atomic E-state index is 5.49. The first-order chi connectivity index (χ1) is 11.3. The molecule has 1 spiro atoms. The van der Waals surface area contributed by atoms with Crippen molar-refractivity contribution in [2.24, 2.45) is 10.4 Å². The Kier molecular flexibility index (Phi) is 8.17. The lowest BCUT2D eigenvalue weighted by Gasteiger charge is -2.26. The molecule has 0 aromatic carbocycles. The summed E-state index contributed by atoms with van der Waals surface area (Å²) < 4.78 is 10.5.